The van der Waals surface area contributed by atoms with E-state index in [1.165, 1.54) is 30.3 Å². The van der Waals surface area contributed by atoms with Crippen molar-refractivity contribution in [2.45, 2.75) is 19.8 Å². The van der Waals surface area contributed by atoms with Crippen LogP contribution < -0.4 is 5.32 Å². The van der Waals surface area contributed by atoms with Gasteiger partial charge in [-0.2, -0.15) is 5.10 Å². The fourth-order valence-corrected chi connectivity index (χ4v) is 3.75. The molecular weight excluding hydrogens is 464 g/mol. The highest BCUT2D eigenvalue weighted by atomic mass is 19.1. The second-order valence-electron chi connectivity index (χ2n) is 8.18. The van der Waals surface area contributed by atoms with E-state index in [1.54, 1.807) is 36.4 Å². The summed E-state index contributed by atoms with van der Waals surface area (Å²) in [4.78, 5) is 25.0. The van der Waals surface area contributed by atoms with E-state index in [4.69, 9.17) is 4.74 Å². The molecule has 0 aliphatic rings. The zero-order valence-corrected chi connectivity index (χ0v) is 19.7. The van der Waals surface area contributed by atoms with E-state index in [1.807, 2.05) is 13.0 Å². The molecule has 0 bridgehead atoms. The van der Waals surface area contributed by atoms with Gasteiger partial charge in [0.25, 0.3) is 5.91 Å². The quantitative estimate of drug-likeness (QED) is 0.302. The number of rotatable bonds is 9. The minimum absolute atomic E-state index is 0.0940. The molecule has 36 heavy (non-hydrogen) atoms. The number of halogens is 2. The molecule has 4 aromatic rings. The number of carbonyl (C=O) groups excluding carboxylic acids is 2. The first-order chi connectivity index (χ1) is 17.5. The van der Waals surface area contributed by atoms with Crippen LogP contribution >= 0.6 is 0 Å². The van der Waals surface area contributed by atoms with Crippen molar-refractivity contribution in [2.75, 3.05) is 13.2 Å². The van der Waals surface area contributed by atoms with Gasteiger partial charge < -0.3 is 10.1 Å². The van der Waals surface area contributed by atoms with Crippen molar-refractivity contribution in [2.24, 2.45) is 0 Å². The molecule has 0 fully saturated rings. The van der Waals surface area contributed by atoms with Gasteiger partial charge in [-0.1, -0.05) is 25.1 Å². The molecule has 184 valence electrons. The summed E-state index contributed by atoms with van der Waals surface area (Å²) in [6.07, 6.45) is 1.22. The molecule has 0 saturated heterocycles. The minimum Gasteiger partial charge on any atom is -0.462 e. The highest BCUT2D eigenvalue weighted by molar-refractivity contribution is 6.00. The Morgan fingerprint density at radius 2 is 1.78 bits per heavy atom. The van der Waals surface area contributed by atoms with Gasteiger partial charge in [-0.3, -0.25) is 9.89 Å². The molecule has 1 amide bonds. The molecule has 8 heteroatoms. The van der Waals surface area contributed by atoms with Gasteiger partial charge in [0.1, 0.15) is 11.6 Å². The maximum atomic E-state index is 14.8. The zero-order chi connectivity index (χ0) is 25.5. The molecule has 0 aliphatic heterocycles. The lowest BCUT2D eigenvalue weighted by Gasteiger charge is -2.11. The summed E-state index contributed by atoms with van der Waals surface area (Å²) in [5, 5.41) is 9.78. The Bertz CT molecular complexity index is 1370. The van der Waals surface area contributed by atoms with Crippen LogP contribution in [0.15, 0.2) is 72.8 Å². The van der Waals surface area contributed by atoms with Gasteiger partial charge in [-0.05, 0) is 73.0 Å². The largest absolute Gasteiger partial charge is 0.462 e. The molecule has 1 aromatic heterocycles. The smallest absolute Gasteiger partial charge is 0.338 e. The Morgan fingerprint density at radius 1 is 1.00 bits per heavy atom. The Labute approximate surface area is 207 Å². The van der Waals surface area contributed by atoms with Crippen LogP contribution in [0.4, 0.5) is 8.78 Å². The number of benzene rings is 3. The average Bonchev–Trinajstić information content (AvgIpc) is 3.37. The van der Waals surface area contributed by atoms with Gasteiger partial charge >= 0.3 is 5.97 Å². The number of aromatic nitrogens is 2. The SMILES string of the molecule is CCCOC(=O)c1cccc(CCNC(=O)c2cccc(F)c2-c2cc(-c3ccc(F)cc3)n[nH]2)c1. The van der Waals surface area contributed by atoms with Crippen LogP contribution in [0.3, 0.4) is 0 Å². The number of esters is 1. The van der Waals surface area contributed by atoms with E-state index in [0.717, 1.165) is 12.0 Å². The lowest BCUT2D eigenvalue weighted by molar-refractivity contribution is 0.0504. The van der Waals surface area contributed by atoms with Crippen LogP contribution in [0.5, 0.6) is 0 Å². The van der Waals surface area contributed by atoms with E-state index in [-0.39, 0.29) is 29.5 Å². The van der Waals surface area contributed by atoms with Crippen molar-refractivity contribution in [1.82, 2.24) is 15.5 Å². The number of ether oxygens (including phenoxy) is 1. The summed E-state index contributed by atoms with van der Waals surface area (Å²) in [6, 6.07) is 18.7. The van der Waals surface area contributed by atoms with Crippen molar-refractivity contribution >= 4 is 11.9 Å². The number of H-pyrrole nitrogens is 1. The molecule has 1 heterocycles. The van der Waals surface area contributed by atoms with Crippen LogP contribution in [-0.4, -0.2) is 35.2 Å². The number of hydrogen-bond acceptors (Lipinski definition) is 4. The highest BCUT2D eigenvalue weighted by Gasteiger charge is 2.19. The first-order valence-corrected chi connectivity index (χ1v) is 11.6. The van der Waals surface area contributed by atoms with Gasteiger partial charge in [0.15, 0.2) is 0 Å². The number of aromatic amines is 1. The van der Waals surface area contributed by atoms with Gasteiger partial charge in [0.05, 0.1) is 29.1 Å². The predicted octanol–water partition coefficient (Wildman–Crippen LogP) is 5.56. The summed E-state index contributed by atoms with van der Waals surface area (Å²) < 4.78 is 33.2. The number of nitrogens with zero attached hydrogens (tertiary/aromatic N) is 1. The van der Waals surface area contributed by atoms with Gasteiger partial charge in [-0.25, -0.2) is 13.6 Å². The van der Waals surface area contributed by atoms with Crippen molar-refractivity contribution in [1.29, 1.82) is 0 Å². The second kappa shape index (κ2) is 11.4. The Morgan fingerprint density at radius 3 is 2.56 bits per heavy atom. The standard InChI is InChI=1S/C28H25F2N3O3/c1-2-15-36-28(35)20-6-3-5-18(16-20)13-14-31-27(34)22-7-4-8-23(30)26(22)25-17-24(32-33-25)19-9-11-21(29)12-10-19/h3-12,16-17H,2,13-15H2,1H3,(H,31,34)(H,32,33). The summed E-state index contributed by atoms with van der Waals surface area (Å²) in [5.74, 6) is -1.77. The molecule has 4 rings (SSSR count). The number of nitrogens with one attached hydrogen (secondary N) is 2. The molecule has 0 saturated carbocycles. The first-order valence-electron chi connectivity index (χ1n) is 11.6. The van der Waals surface area contributed by atoms with Crippen LogP contribution in [-0.2, 0) is 11.2 Å². The minimum atomic E-state index is -0.574. The van der Waals surface area contributed by atoms with E-state index in [0.29, 0.717) is 35.5 Å². The van der Waals surface area contributed by atoms with Crippen LogP contribution in [0.2, 0.25) is 0 Å². The summed E-state index contributed by atoms with van der Waals surface area (Å²) in [6.45, 7) is 2.57. The molecule has 2 N–H and O–H groups in total. The fourth-order valence-electron chi connectivity index (χ4n) is 3.75. The molecule has 0 aliphatic carbocycles. The van der Waals surface area contributed by atoms with Crippen LogP contribution in [0, 0.1) is 11.6 Å². The van der Waals surface area contributed by atoms with Crippen molar-refractivity contribution < 1.29 is 23.1 Å². The summed E-state index contributed by atoms with van der Waals surface area (Å²) in [7, 11) is 0. The predicted molar refractivity (Wildman–Crippen MR) is 132 cm³/mol. The van der Waals surface area contributed by atoms with Gasteiger partial charge in [0.2, 0.25) is 0 Å². The molecule has 0 radical (unpaired) electrons. The number of amides is 1. The Kier molecular flexibility index (Phi) is 7.85. The molecule has 6 nitrogen and oxygen atoms in total. The maximum Gasteiger partial charge on any atom is 0.338 e. The lowest BCUT2D eigenvalue weighted by atomic mass is 10.0. The summed E-state index contributed by atoms with van der Waals surface area (Å²) >= 11 is 0. The first kappa shape index (κ1) is 24.8. The normalized spacial score (nSPS) is 10.8. The average molecular weight is 490 g/mol. The van der Waals surface area contributed by atoms with Crippen LogP contribution in [0.1, 0.15) is 39.6 Å². The molecular formula is C28H25F2N3O3. The molecule has 0 atom stereocenters. The zero-order valence-electron chi connectivity index (χ0n) is 19.7. The lowest BCUT2D eigenvalue weighted by Crippen LogP contribution is -2.26. The van der Waals surface area contributed by atoms with E-state index in [2.05, 4.69) is 15.5 Å². The van der Waals surface area contributed by atoms with Crippen molar-refractivity contribution in [3.8, 4) is 22.5 Å². The topological polar surface area (TPSA) is 84.1 Å². The van der Waals surface area contributed by atoms with Gasteiger partial charge in [-0.15, -0.1) is 0 Å². The van der Waals surface area contributed by atoms with E-state index in [9.17, 15) is 18.4 Å². The monoisotopic (exact) mass is 489 g/mol. The highest BCUT2D eigenvalue weighted by Crippen LogP contribution is 2.29. The third-order valence-electron chi connectivity index (χ3n) is 5.54. The Balaban J connectivity index is 1.46. The molecule has 0 unspecified atom stereocenters. The van der Waals surface area contributed by atoms with E-state index >= 15 is 0 Å². The maximum absolute atomic E-state index is 14.8. The molecule has 3 aromatic carbocycles. The number of carbonyl (C=O) groups is 2. The summed E-state index contributed by atoms with van der Waals surface area (Å²) in [5.41, 5.74) is 3.04. The molecule has 0 spiro atoms. The second-order valence-corrected chi connectivity index (χ2v) is 8.18. The Hall–Kier alpha value is -4.33. The third kappa shape index (κ3) is 5.83. The van der Waals surface area contributed by atoms with Crippen molar-refractivity contribution in [3.63, 3.8) is 0 Å². The van der Waals surface area contributed by atoms with Gasteiger partial charge in [0, 0.05) is 17.7 Å². The fraction of sp³-hybridized carbons (Fsp3) is 0.179. The van der Waals surface area contributed by atoms with Crippen LogP contribution in [0.25, 0.3) is 22.5 Å². The van der Waals surface area contributed by atoms with Crippen molar-refractivity contribution in [3.05, 3.63) is 101 Å². The van der Waals surface area contributed by atoms with E-state index < -0.39 is 11.7 Å². The third-order valence-corrected chi connectivity index (χ3v) is 5.54. The number of hydrogen-bond donors (Lipinski definition) is 2.